The molecule has 0 saturated heterocycles. The van der Waals surface area contributed by atoms with Crippen molar-refractivity contribution in [1.82, 2.24) is 9.55 Å². The molecule has 0 aliphatic heterocycles. The molecule has 3 aromatic heterocycles. The van der Waals surface area contributed by atoms with Crippen molar-refractivity contribution in [2.24, 2.45) is 0 Å². The Morgan fingerprint density at radius 3 is 2.63 bits per heavy atom. The first kappa shape index (κ1) is 20.5. The summed E-state index contributed by atoms with van der Waals surface area (Å²) in [5.74, 6) is 0.775. The smallest absolute Gasteiger partial charge is 0.263 e. The number of carbonyl (C=O) groups excluding carboxylic acids is 1. The van der Waals surface area contributed by atoms with Crippen LogP contribution in [0, 0.1) is 6.92 Å². The lowest BCUT2D eigenvalue weighted by molar-refractivity contribution is -0.116. The second kappa shape index (κ2) is 8.53. The number of hydrogen-bond donors (Lipinski definition) is 1. The van der Waals surface area contributed by atoms with Crippen molar-refractivity contribution >= 4 is 44.5 Å². The molecular formula is C23H23N3O2S2. The summed E-state index contributed by atoms with van der Waals surface area (Å²) in [6.45, 7) is 6.03. The van der Waals surface area contributed by atoms with Crippen molar-refractivity contribution in [3.05, 3.63) is 68.9 Å². The zero-order chi connectivity index (χ0) is 21.3. The number of rotatable bonds is 6. The zero-order valence-electron chi connectivity index (χ0n) is 17.1. The van der Waals surface area contributed by atoms with Crippen LogP contribution in [0.2, 0.25) is 0 Å². The van der Waals surface area contributed by atoms with Gasteiger partial charge in [-0.05, 0) is 48.4 Å². The molecule has 1 aromatic carbocycles. The fourth-order valence-electron chi connectivity index (χ4n) is 3.40. The first-order chi connectivity index (χ1) is 14.5. The van der Waals surface area contributed by atoms with Crippen LogP contribution < -0.4 is 10.9 Å². The summed E-state index contributed by atoms with van der Waals surface area (Å²) in [5, 5.41) is 7.42. The molecule has 154 valence electrons. The van der Waals surface area contributed by atoms with E-state index in [1.807, 2.05) is 47.2 Å². The Kier molecular flexibility index (Phi) is 5.83. The third kappa shape index (κ3) is 3.95. The van der Waals surface area contributed by atoms with E-state index < -0.39 is 0 Å². The van der Waals surface area contributed by atoms with Gasteiger partial charge in [-0.15, -0.1) is 22.7 Å². The van der Waals surface area contributed by atoms with Crippen LogP contribution in [-0.4, -0.2) is 15.5 Å². The molecule has 7 heteroatoms. The van der Waals surface area contributed by atoms with E-state index in [0.29, 0.717) is 22.0 Å². The average Bonchev–Trinajstić information content (AvgIpc) is 3.40. The number of anilines is 1. The molecular weight excluding hydrogens is 414 g/mol. The number of nitrogens with one attached hydrogen (secondary N) is 1. The van der Waals surface area contributed by atoms with Crippen molar-refractivity contribution in [3.63, 3.8) is 0 Å². The highest BCUT2D eigenvalue weighted by atomic mass is 32.1. The van der Waals surface area contributed by atoms with Gasteiger partial charge in [-0.1, -0.05) is 32.0 Å². The van der Waals surface area contributed by atoms with Crippen molar-refractivity contribution in [1.29, 1.82) is 0 Å². The molecule has 0 bridgehead atoms. The van der Waals surface area contributed by atoms with Crippen LogP contribution in [0.15, 0.2) is 52.0 Å². The predicted molar refractivity (Wildman–Crippen MR) is 126 cm³/mol. The van der Waals surface area contributed by atoms with Crippen LogP contribution in [0.1, 0.15) is 37.6 Å². The van der Waals surface area contributed by atoms with E-state index in [9.17, 15) is 9.59 Å². The molecule has 0 aliphatic rings. The van der Waals surface area contributed by atoms with Crippen LogP contribution in [0.5, 0.6) is 0 Å². The van der Waals surface area contributed by atoms with Gasteiger partial charge in [0.2, 0.25) is 5.91 Å². The standard InChI is InChI=1S/C23H23N3O2S2/c1-4-14(2)16-7-9-17(10-8-16)25-20(27)12-26-15(3)24-22-21(23(26)28)18(13-30-22)19-6-5-11-29-19/h5-11,13-14H,4,12H2,1-3H3,(H,25,27)/t14-/m0/s1. The number of amides is 1. The molecule has 0 unspecified atom stereocenters. The second-order valence-electron chi connectivity index (χ2n) is 7.34. The number of aromatic nitrogens is 2. The fraction of sp³-hybridized carbons (Fsp3) is 0.261. The lowest BCUT2D eigenvalue weighted by Crippen LogP contribution is -2.30. The molecule has 1 atom stereocenters. The molecule has 4 aromatic rings. The minimum Gasteiger partial charge on any atom is -0.325 e. The highest BCUT2D eigenvalue weighted by Crippen LogP contribution is 2.33. The molecule has 0 saturated carbocycles. The molecule has 0 spiro atoms. The average molecular weight is 438 g/mol. The number of aryl methyl sites for hydroxylation is 1. The number of hydrogen-bond acceptors (Lipinski definition) is 5. The van der Waals surface area contributed by atoms with E-state index in [4.69, 9.17) is 0 Å². The Morgan fingerprint density at radius 1 is 1.20 bits per heavy atom. The van der Waals surface area contributed by atoms with Gasteiger partial charge in [0, 0.05) is 21.5 Å². The summed E-state index contributed by atoms with van der Waals surface area (Å²) in [7, 11) is 0. The van der Waals surface area contributed by atoms with Crippen LogP contribution >= 0.6 is 22.7 Å². The number of thiophene rings is 2. The lowest BCUT2D eigenvalue weighted by Gasteiger charge is -2.12. The monoisotopic (exact) mass is 437 g/mol. The van der Waals surface area contributed by atoms with Gasteiger partial charge < -0.3 is 5.32 Å². The summed E-state index contributed by atoms with van der Waals surface area (Å²) < 4.78 is 1.45. The van der Waals surface area contributed by atoms with Gasteiger partial charge in [-0.3, -0.25) is 14.2 Å². The van der Waals surface area contributed by atoms with Gasteiger partial charge in [0.1, 0.15) is 17.2 Å². The quantitative estimate of drug-likeness (QED) is 0.424. The highest BCUT2D eigenvalue weighted by Gasteiger charge is 2.17. The number of carbonyl (C=O) groups is 1. The first-order valence-electron chi connectivity index (χ1n) is 9.90. The van der Waals surface area contributed by atoms with Crippen LogP contribution in [0.4, 0.5) is 5.69 Å². The van der Waals surface area contributed by atoms with E-state index in [1.54, 1.807) is 18.3 Å². The predicted octanol–water partition coefficient (Wildman–Crippen LogP) is 5.65. The molecule has 3 heterocycles. The minimum absolute atomic E-state index is 0.0690. The Balaban J connectivity index is 1.59. The maximum atomic E-state index is 13.2. The van der Waals surface area contributed by atoms with Crippen molar-refractivity contribution < 1.29 is 4.79 Å². The van der Waals surface area contributed by atoms with Gasteiger partial charge >= 0.3 is 0 Å². The highest BCUT2D eigenvalue weighted by molar-refractivity contribution is 7.18. The van der Waals surface area contributed by atoms with Gasteiger partial charge in [-0.25, -0.2) is 4.98 Å². The Bertz CT molecular complexity index is 1240. The SMILES string of the molecule is CC[C@H](C)c1ccc(NC(=O)Cn2c(C)nc3scc(-c4cccs4)c3c2=O)cc1. The third-order valence-electron chi connectivity index (χ3n) is 5.35. The Hall–Kier alpha value is -2.77. The Labute approximate surface area is 183 Å². The van der Waals surface area contributed by atoms with Crippen molar-refractivity contribution in [3.8, 4) is 10.4 Å². The minimum atomic E-state index is -0.245. The topological polar surface area (TPSA) is 64.0 Å². The van der Waals surface area contributed by atoms with E-state index in [-0.39, 0.29) is 18.0 Å². The summed E-state index contributed by atoms with van der Waals surface area (Å²) in [6, 6.07) is 11.8. The molecule has 4 rings (SSSR count). The Morgan fingerprint density at radius 2 is 1.97 bits per heavy atom. The van der Waals surface area contributed by atoms with E-state index >= 15 is 0 Å². The molecule has 5 nitrogen and oxygen atoms in total. The maximum absolute atomic E-state index is 13.2. The summed E-state index contributed by atoms with van der Waals surface area (Å²) in [5.41, 5.74) is 2.68. The van der Waals surface area contributed by atoms with Crippen LogP contribution in [0.25, 0.3) is 20.7 Å². The van der Waals surface area contributed by atoms with Gasteiger partial charge in [0.25, 0.3) is 5.56 Å². The van der Waals surface area contributed by atoms with Gasteiger partial charge in [-0.2, -0.15) is 0 Å². The molecule has 0 radical (unpaired) electrons. The maximum Gasteiger partial charge on any atom is 0.263 e. The molecule has 0 fully saturated rings. The summed E-state index contributed by atoms with van der Waals surface area (Å²) in [6.07, 6.45) is 1.07. The number of nitrogens with zero attached hydrogens (tertiary/aromatic N) is 2. The van der Waals surface area contributed by atoms with E-state index in [0.717, 1.165) is 22.5 Å². The van der Waals surface area contributed by atoms with Gasteiger partial charge in [0.05, 0.1) is 5.39 Å². The summed E-state index contributed by atoms with van der Waals surface area (Å²) in [4.78, 5) is 32.2. The van der Waals surface area contributed by atoms with Gasteiger partial charge in [0.15, 0.2) is 0 Å². The largest absolute Gasteiger partial charge is 0.325 e. The number of benzene rings is 1. The second-order valence-corrected chi connectivity index (χ2v) is 9.14. The van der Waals surface area contributed by atoms with E-state index in [2.05, 4.69) is 24.1 Å². The molecule has 1 amide bonds. The zero-order valence-corrected chi connectivity index (χ0v) is 18.8. The summed E-state index contributed by atoms with van der Waals surface area (Å²) >= 11 is 3.04. The molecule has 0 aliphatic carbocycles. The molecule has 1 N–H and O–H groups in total. The number of fused-ring (bicyclic) bond motifs is 1. The van der Waals surface area contributed by atoms with Crippen LogP contribution in [0.3, 0.4) is 0 Å². The first-order valence-corrected chi connectivity index (χ1v) is 11.7. The third-order valence-corrected chi connectivity index (χ3v) is 7.12. The fourth-order valence-corrected chi connectivity index (χ4v) is 5.20. The lowest BCUT2D eigenvalue weighted by atomic mass is 9.99. The van der Waals surface area contributed by atoms with Crippen LogP contribution in [-0.2, 0) is 11.3 Å². The van der Waals surface area contributed by atoms with Crippen molar-refractivity contribution in [2.45, 2.75) is 39.7 Å². The van der Waals surface area contributed by atoms with E-state index in [1.165, 1.54) is 21.5 Å². The molecule has 30 heavy (non-hydrogen) atoms. The van der Waals surface area contributed by atoms with Crippen molar-refractivity contribution in [2.75, 3.05) is 5.32 Å². The normalized spacial score (nSPS) is 12.2.